The number of ether oxygens (including phenoxy) is 3. The minimum absolute atomic E-state index is 0.163. The van der Waals surface area contributed by atoms with E-state index >= 15 is 0 Å². The highest BCUT2D eigenvalue weighted by molar-refractivity contribution is 5.80. The largest absolute Gasteiger partial charge is 0.481 e. The molecular weight excluding hydrogens is 294 g/mol. The molecule has 0 saturated carbocycles. The lowest BCUT2D eigenvalue weighted by Crippen LogP contribution is -2.35. The third kappa shape index (κ3) is 3.74. The first-order chi connectivity index (χ1) is 11.1. The van der Waals surface area contributed by atoms with Crippen LogP contribution in [0.15, 0.2) is 42.5 Å². The number of amides is 1. The summed E-state index contributed by atoms with van der Waals surface area (Å²) in [5.41, 5.74) is 2.04. The number of hydrogen-bond donors (Lipinski definition) is 1. The molecule has 0 aliphatic carbocycles. The molecule has 0 spiro atoms. The normalized spacial score (nSPS) is 13.5. The van der Waals surface area contributed by atoms with E-state index in [1.807, 2.05) is 49.4 Å². The highest BCUT2D eigenvalue weighted by Gasteiger charge is 2.16. The lowest BCUT2D eigenvalue weighted by molar-refractivity contribution is -0.127. The second-order valence-electron chi connectivity index (χ2n) is 5.48. The van der Waals surface area contributed by atoms with Crippen LogP contribution in [-0.2, 0) is 11.3 Å². The monoisotopic (exact) mass is 313 g/mol. The number of fused-ring (bicyclic) bond motifs is 1. The predicted octanol–water partition coefficient (Wildman–Crippen LogP) is 2.81. The Labute approximate surface area is 135 Å². The Morgan fingerprint density at radius 1 is 1.22 bits per heavy atom. The van der Waals surface area contributed by atoms with E-state index in [1.165, 1.54) is 0 Å². The van der Waals surface area contributed by atoms with Crippen molar-refractivity contribution in [1.82, 2.24) is 5.32 Å². The molecule has 1 aliphatic heterocycles. The molecule has 0 fully saturated rings. The molecule has 1 amide bonds. The van der Waals surface area contributed by atoms with Crippen LogP contribution in [0.1, 0.15) is 18.1 Å². The summed E-state index contributed by atoms with van der Waals surface area (Å²) >= 11 is 0. The zero-order valence-electron chi connectivity index (χ0n) is 13.2. The van der Waals surface area contributed by atoms with Crippen LogP contribution in [0.3, 0.4) is 0 Å². The van der Waals surface area contributed by atoms with Gasteiger partial charge >= 0.3 is 0 Å². The topological polar surface area (TPSA) is 56.8 Å². The van der Waals surface area contributed by atoms with E-state index in [2.05, 4.69) is 5.32 Å². The van der Waals surface area contributed by atoms with Gasteiger partial charge in [0.25, 0.3) is 5.91 Å². The molecule has 0 radical (unpaired) electrons. The zero-order valence-corrected chi connectivity index (χ0v) is 13.2. The van der Waals surface area contributed by atoms with E-state index in [9.17, 15) is 4.79 Å². The molecule has 1 heterocycles. The summed E-state index contributed by atoms with van der Waals surface area (Å²) in [6, 6.07) is 13.3. The van der Waals surface area contributed by atoms with E-state index in [-0.39, 0.29) is 12.7 Å². The van der Waals surface area contributed by atoms with Gasteiger partial charge in [-0.3, -0.25) is 4.79 Å². The van der Waals surface area contributed by atoms with Crippen molar-refractivity contribution in [2.24, 2.45) is 0 Å². The van der Waals surface area contributed by atoms with Gasteiger partial charge in [0.2, 0.25) is 6.79 Å². The SMILES string of the molecule is Cc1cccc(O[C@@H](C)C(=O)NCc2ccc3c(c2)OCO3)c1. The Morgan fingerprint density at radius 2 is 2.04 bits per heavy atom. The summed E-state index contributed by atoms with van der Waals surface area (Å²) in [6.07, 6.45) is -0.564. The van der Waals surface area contributed by atoms with Crippen molar-refractivity contribution in [3.8, 4) is 17.2 Å². The first-order valence-electron chi connectivity index (χ1n) is 7.51. The standard InChI is InChI=1S/C18H19NO4/c1-12-4-3-5-15(8-12)23-13(2)18(20)19-10-14-6-7-16-17(9-14)22-11-21-16/h3-9,13H,10-11H2,1-2H3,(H,19,20)/t13-/m0/s1. The second-order valence-corrected chi connectivity index (χ2v) is 5.48. The Balaban J connectivity index is 1.54. The van der Waals surface area contributed by atoms with Gasteiger partial charge in [0.1, 0.15) is 5.75 Å². The Hall–Kier alpha value is -2.69. The quantitative estimate of drug-likeness (QED) is 0.922. The van der Waals surface area contributed by atoms with Crippen LogP contribution in [-0.4, -0.2) is 18.8 Å². The van der Waals surface area contributed by atoms with Crippen LogP contribution in [0.4, 0.5) is 0 Å². The number of aryl methyl sites for hydroxylation is 1. The molecule has 5 nitrogen and oxygen atoms in total. The van der Waals surface area contributed by atoms with Crippen molar-refractivity contribution in [1.29, 1.82) is 0 Å². The summed E-state index contributed by atoms with van der Waals surface area (Å²) in [6.45, 7) is 4.37. The molecule has 0 bridgehead atoms. The molecule has 3 rings (SSSR count). The summed E-state index contributed by atoms with van der Waals surface area (Å²) in [7, 11) is 0. The molecule has 0 aromatic heterocycles. The van der Waals surface area contributed by atoms with Crippen molar-refractivity contribution in [3.63, 3.8) is 0 Å². The summed E-state index contributed by atoms with van der Waals surface area (Å²) in [4.78, 5) is 12.1. The van der Waals surface area contributed by atoms with Gasteiger partial charge in [-0.25, -0.2) is 0 Å². The molecule has 0 saturated heterocycles. The summed E-state index contributed by atoms with van der Waals surface area (Å²) in [5.74, 6) is 1.97. The lowest BCUT2D eigenvalue weighted by atomic mass is 10.2. The van der Waals surface area contributed by atoms with Gasteiger partial charge < -0.3 is 19.5 Å². The third-order valence-electron chi connectivity index (χ3n) is 3.58. The molecule has 2 aromatic rings. The minimum atomic E-state index is -0.564. The van der Waals surface area contributed by atoms with Crippen LogP contribution in [0.5, 0.6) is 17.2 Å². The zero-order chi connectivity index (χ0) is 16.2. The molecule has 1 aliphatic rings. The fraction of sp³-hybridized carbons (Fsp3) is 0.278. The minimum Gasteiger partial charge on any atom is -0.481 e. The first-order valence-corrected chi connectivity index (χ1v) is 7.51. The van der Waals surface area contributed by atoms with Gasteiger partial charge in [0, 0.05) is 6.54 Å². The van der Waals surface area contributed by atoms with E-state index in [0.29, 0.717) is 18.0 Å². The van der Waals surface area contributed by atoms with Gasteiger partial charge in [-0.05, 0) is 49.2 Å². The van der Waals surface area contributed by atoms with Gasteiger partial charge in [-0.2, -0.15) is 0 Å². The summed E-state index contributed by atoms with van der Waals surface area (Å²) in [5, 5.41) is 2.86. The van der Waals surface area contributed by atoms with E-state index < -0.39 is 6.10 Å². The average Bonchev–Trinajstić information content (AvgIpc) is 3.00. The number of hydrogen-bond acceptors (Lipinski definition) is 4. The highest BCUT2D eigenvalue weighted by Crippen LogP contribution is 2.32. The smallest absolute Gasteiger partial charge is 0.261 e. The lowest BCUT2D eigenvalue weighted by Gasteiger charge is -2.15. The first kappa shape index (κ1) is 15.2. The predicted molar refractivity (Wildman–Crippen MR) is 85.7 cm³/mol. The van der Waals surface area contributed by atoms with Crippen LogP contribution < -0.4 is 19.5 Å². The van der Waals surface area contributed by atoms with Crippen molar-refractivity contribution in [3.05, 3.63) is 53.6 Å². The molecule has 23 heavy (non-hydrogen) atoms. The van der Waals surface area contributed by atoms with Crippen LogP contribution in [0.2, 0.25) is 0 Å². The molecule has 1 atom stereocenters. The van der Waals surface area contributed by atoms with Gasteiger partial charge in [-0.15, -0.1) is 0 Å². The van der Waals surface area contributed by atoms with Gasteiger partial charge in [0.05, 0.1) is 0 Å². The maximum absolute atomic E-state index is 12.1. The van der Waals surface area contributed by atoms with E-state index in [4.69, 9.17) is 14.2 Å². The number of rotatable bonds is 5. The van der Waals surface area contributed by atoms with Crippen molar-refractivity contribution < 1.29 is 19.0 Å². The number of carbonyl (C=O) groups excluding carboxylic acids is 1. The van der Waals surface area contributed by atoms with Crippen LogP contribution in [0, 0.1) is 6.92 Å². The fourth-order valence-electron chi connectivity index (χ4n) is 2.33. The van der Waals surface area contributed by atoms with E-state index in [0.717, 1.165) is 16.9 Å². The molecular formula is C18H19NO4. The number of nitrogens with one attached hydrogen (secondary N) is 1. The molecule has 120 valence electrons. The molecule has 5 heteroatoms. The van der Waals surface area contributed by atoms with Crippen molar-refractivity contribution >= 4 is 5.91 Å². The fourth-order valence-corrected chi connectivity index (χ4v) is 2.33. The summed E-state index contributed by atoms with van der Waals surface area (Å²) < 4.78 is 16.3. The van der Waals surface area contributed by atoms with Gasteiger partial charge in [0.15, 0.2) is 17.6 Å². The maximum atomic E-state index is 12.1. The third-order valence-corrected chi connectivity index (χ3v) is 3.58. The maximum Gasteiger partial charge on any atom is 0.261 e. The second kappa shape index (κ2) is 6.60. The Kier molecular flexibility index (Phi) is 4.37. The number of benzene rings is 2. The highest BCUT2D eigenvalue weighted by atomic mass is 16.7. The number of carbonyl (C=O) groups is 1. The Bertz CT molecular complexity index is 714. The molecule has 0 unspecified atom stereocenters. The average molecular weight is 313 g/mol. The molecule has 2 aromatic carbocycles. The van der Waals surface area contributed by atoms with Gasteiger partial charge in [-0.1, -0.05) is 18.2 Å². The Morgan fingerprint density at radius 3 is 2.87 bits per heavy atom. The van der Waals surface area contributed by atoms with Crippen molar-refractivity contribution in [2.45, 2.75) is 26.5 Å². The van der Waals surface area contributed by atoms with Crippen LogP contribution >= 0.6 is 0 Å². The van der Waals surface area contributed by atoms with Crippen LogP contribution in [0.25, 0.3) is 0 Å². The van der Waals surface area contributed by atoms with E-state index in [1.54, 1.807) is 6.92 Å². The van der Waals surface area contributed by atoms with Crippen molar-refractivity contribution in [2.75, 3.05) is 6.79 Å². The molecule has 1 N–H and O–H groups in total.